The Hall–Kier alpha value is -1.92. The number of aryl methyl sites for hydroxylation is 1. The zero-order chi connectivity index (χ0) is 15.0. The number of rotatable bonds is 3. The molecule has 1 N–H and O–H groups in total. The van der Waals surface area contributed by atoms with E-state index in [1.807, 2.05) is 6.92 Å². The fourth-order valence-electron chi connectivity index (χ4n) is 3.55. The lowest BCUT2D eigenvalue weighted by atomic mass is 9.76. The van der Waals surface area contributed by atoms with Crippen molar-refractivity contribution in [3.63, 3.8) is 0 Å². The van der Waals surface area contributed by atoms with E-state index in [9.17, 15) is 14.7 Å². The molecule has 1 aromatic rings. The highest BCUT2D eigenvalue weighted by Crippen LogP contribution is 2.38. The minimum atomic E-state index is -0.726. The van der Waals surface area contributed by atoms with Crippen LogP contribution in [0.2, 0.25) is 0 Å². The van der Waals surface area contributed by atoms with E-state index in [2.05, 4.69) is 10.2 Å². The van der Waals surface area contributed by atoms with E-state index < -0.39 is 5.97 Å². The summed E-state index contributed by atoms with van der Waals surface area (Å²) in [5, 5.41) is 17.5. The van der Waals surface area contributed by atoms with Gasteiger partial charge in [-0.05, 0) is 38.0 Å². The second-order valence-electron chi connectivity index (χ2n) is 6.01. The smallest absolute Gasteiger partial charge is 0.306 e. The Bertz CT molecular complexity index is 556. The largest absolute Gasteiger partial charge is 0.481 e. The summed E-state index contributed by atoms with van der Waals surface area (Å²) >= 11 is 0. The first-order valence-electron chi connectivity index (χ1n) is 7.50. The molecular weight excluding hydrogens is 272 g/mol. The molecule has 1 amide bonds. The second kappa shape index (κ2) is 5.46. The quantitative estimate of drug-likeness (QED) is 0.893. The average Bonchev–Trinajstić information content (AvgIpc) is 2.77. The van der Waals surface area contributed by atoms with Crippen LogP contribution < -0.4 is 0 Å². The van der Waals surface area contributed by atoms with Crippen molar-refractivity contribution in [1.29, 1.82) is 0 Å². The lowest BCUT2D eigenvalue weighted by Gasteiger charge is -2.28. The van der Waals surface area contributed by atoms with Gasteiger partial charge in [0.2, 0.25) is 0 Å². The highest BCUT2D eigenvalue weighted by molar-refractivity contribution is 5.92. The molecule has 3 fully saturated rings. The first-order chi connectivity index (χ1) is 10.1. The average molecular weight is 292 g/mol. The van der Waals surface area contributed by atoms with Gasteiger partial charge in [-0.25, -0.2) is 0 Å². The molecular formula is C14H20N4O3. The molecule has 1 aromatic heterocycles. The third kappa shape index (κ3) is 2.64. The van der Waals surface area contributed by atoms with Crippen LogP contribution in [0.15, 0.2) is 6.20 Å². The van der Waals surface area contributed by atoms with Crippen LogP contribution in [0.5, 0.6) is 0 Å². The summed E-state index contributed by atoms with van der Waals surface area (Å²) in [5.74, 6) is -0.817. The van der Waals surface area contributed by atoms with Crippen molar-refractivity contribution in [1.82, 2.24) is 19.9 Å². The standard InChI is InChI=1S/C14H20N4O3/c1-2-18-15-6-12(16-18)13(19)17-7-9-3-4-10(8-17)11(5-9)14(20)21/h6,9-11H,2-5,7-8H2,1H3,(H,20,21). The normalized spacial score (nSPS) is 28.4. The predicted molar refractivity (Wildman–Crippen MR) is 73.6 cm³/mol. The maximum absolute atomic E-state index is 12.5. The van der Waals surface area contributed by atoms with Crippen LogP contribution >= 0.6 is 0 Å². The van der Waals surface area contributed by atoms with Crippen LogP contribution in [0.4, 0.5) is 0 Å². The maximum Gasteiger partial charge on any atom is 0.306 e. The van der Waals surface area contributed by atoms with Gasteiger partial charge in [-0.1, -0.05) is 0 Å². The number of carbonyl (C=O) groups is 2. The van der Waals surface area contributed by atoms with E-state index in [4.69, 9.17) is 0 Å². The first-order valence-corrected chi connectivity index (χ1v) is 7.50. The Balaban J connectivity index is 1.77. The molecule has 114 valence electrons. The van der Waals surface area contributed by atoms with Gasteiger partial charge in [-0.15, -0.1) is 5.10 Å². The van der Waals surface area contributed by atoms with E-state index in [0.29, 0.717) is 31.7 Å². The lowest BCUT2D eigenvalue weighted by Crippen LogP contribution is -2.36. The molecule has 7 nitrogen and oxygen atoms in total. The van der Waals surface area contributed by atoms with Gasteiger partial charge in [-0.2, -0.15) is 9.90 Å². The first kappa shape index (κ1) is 14.0. The van der Waals surface area contributed by atoms with Gasteiger partial charge < -0.3 is 10.0 Å². The fraction of sp³-hybridized carbons (Fsp3) is 0.714. The minimum absolute atomic E-state index is 0.0615. The molecule has 3 aliphatic rings. The third-order valence-electron chi connectivity index (χ3n) is 4.68. The molecule has 3 atom stereocenters. The molecule has 21 heavy (non-hydrogen) atoms. The van der Waals surface area contributed by atoms with Crippen molar-refractivity contribution in [2.75, 3.05) is 13.1 Å². The molecule has 7 heteroatoms. The summed E-state index contributed by atoms with van der Waals surface area (Å²) in [4.78, 5) is 27.2. The topological polar surface area (TPSA) is 88.3 Å². The van der Waals surface area contributed by atoms with Gasteiger partial charge in [0.1, 0.15) is 0 Å². The molecule has 4 rings (SSSR count). The highest BCUT2D eigenvalue weighted by Gasteiger charge is 2.41. The van der Waals surface area contributed by atoms with Crippen LogP contribution in [0, 0.1) is 17.8 Å². The van der Waals surface area contributed by atoms with Crippen LogP contribution in [0.1, 0.15) is 36.7 Å². The number of hydrogen-bond donors (Lipinski definition) is 1. The van der Waals surface area contributed by atoms with Crippen molar-refractivity contribution in [2.45, 2.75) is 32.7 Å². The van der Waals surface area contributed by atoms with E-state index in [1.165, 1.54) is 11.0 Å². The van der Waals surface area contributed by atoms with Crippen molar-refractivity contribution in [3.8, 4) is 0 Å². The molecule has 2 bridgehead atoms. The summed E-state index contributed by atoms with van der Waals surface area (Å²) < 4.78 is 0. The summed E-state index contributed by atoms with van der Waals surface area (Å²) in [6.45, 7) is 3.70. The number of aliphatic carboxylic acids is 1. The zero-order valence-electron chi connectivity index (χ0n) is 12.1. The molecule has 0 spiro atoms. The SMILES string of the molecule is CCn1ncc(C(=O)N2CC3CCC(C2)C(C(=O)O)C3)n1. The number of amides is 1. The van der Waals surface area contributed by atoms with Crippen molar-refractivity contribution < 1.29 is 14.7 Å². The summed E-state index contributed by atoms with van der Waals surface area (Å²) in [6, 6.07) is 0. The molecule has 2 aliphatic heterocycles. The fourth-order valence-corrected chi connectivity index (χ4v) is 3.55. The van der Waals surface area contributed by atoms with Crippen molar-refractivity contribution >= 4 is 11.9 Å². The van der Waals surface area contributed by atoms with Crippen LogP contribution in [-0.2, 0) is 11.3 Å². The lowest BCUT2D eigenvalue weighted by molar-refractivity contribution is -0.145. The number of hydrogen-bond acceptors (Lipinski definition) is 4. The van der Waals surface area contributed by atoms with Crippen LogP contribution in [0.3, 0.4) is 0 Å². The maximum atomic E-state index is 12.5. The summed E-state index contributed by atoms with van der Waals surface area (Å²) in [6.07, 6.45) is 4.09. The van der Waals surface area contributed by atoms with Gasteiger partial charge in [0.25, 0.3) is 5.91 Å². The Labute approximate surface area is 122 Å². The van der Waals surface area contributed by atoms with Gasteiger partial charge in [0.05, 0.1) is 18.7 Å². The Kier molecular flexibility index (Phi) is 3.65. The molecule has 2 saturated heterocycles. The molecule has 3 unspecified atom stereocenters. The zero-order valence-corrected chi connectivity index (χ0v) is 12.1. The Morgan fingerprint density at radius 1 is 1.38 bits per heavy atom. The Morgan fingerprint density at radius 3 is 2.86 bits per heavy atom. The van der Waals surface area contributed by atoms with Crippen LogP contribution in [0.25, 0.3) is 0 Å². The summed E-state index contributed by atoms with van der Waals surface area (Å²) in [7, 11) is 0. The second-order valence-corrected chi connectivity index (χ2v) is 6.01. The molecule has 0 aromatic carbocycles. The monoisotopic (exact) mass is 292 g/mol. The number of nitrogens with zero attached hydrogens (tertiary/aromatic N) is 4. The van der Waals surface area contributed by atoms with E-state index in [1.54, 1.807) is 4.90 Å². The third-order valence-corrected chi connectivity index (χ3v) is 4.68. The van der Waals surface area contributed by atoms with Gasteiger partial charge in [0.15, 0.2) is 5.69 Å². The highest BCUT2D eigenvalue weighted by atomic mass is 16.4. The van der Waals surface area contributed by atoms with Crippen molar-refractivity contribution in [3.05, 3.63) is 11.9 Å². The number of carboxylic acids is 1. The van der Waals surface area contributed by atoms with E-state index in [-0.39, 0.29) is 23.7 Å². The molecule has 3 heterocycles. The molecule has 1 saturated carbocycles. The molecule has 1 aliphatic carbocycles. The minimum Gasteiger partial charge on any atom is -0.481 e. The van der Waals surface area contributed by atoms with Gasteiger partial charge in [0, 0.05) is 13.1 Å². The predicted octanol–water partition coefficient (Wildman–Crippen LogP) is 0.871. The number of carbonyl (C=O) groups excluding carboxylic acids is 1. The number of fused-ring (bicyclic) bond motifs is 4. The van der Waals surface area contributed by atoms with Crippen LogP contribution in [-0.4, -0.2) is 50.0 Å². The van der Waals surface area contributed by atoms with Crippen molar-refractivity contribution in [2.24, 2.45) is 17.8 Å². The number of aromatic nitrogens is 3. The summed E-state index contributed by atoms with van der Waals surface area (Å²) in [5.41, 5.74) is 0.352. The van der Waals surface area contributed by atoms with Gasteiger partial charge in [-0.3, -0.25) is 9.59 Å². The van der Waals surface area contributed by atoms with E-state index >= 15 is 0 Å². The molecule has 0 radical (unpaired) electrons. The Morgan fingerprint density at radius 2 is 2.19 bits per heavy atom. The number of carboxylic acid groups (broad SMARTS) is 1. The van der Waals surface area contributed by atoms with Gasteiger partial charge >= 0.3 is 5.97 Å². The van der Waals surface area contributed by atoms with E-state index in [0.717, 1.165) is 12.8 Å².